The van der Waals surface area contributed by atoms with E-state index < -0.39 is 0 Å². The van der Waals surface area contributed by atoms with Gasteiger partial charge in [-0.05, 0) is 42.2 Å². The van der Waals surface area contributed by atoms with Crippen molar-refractivity contribution in [3.8, 4) is 11.5 Å². The predicted molar refractivity (Wildman–Crippen MR) is 82.1 cm³/mol. The van der Waals surface area contributed by atoms with E-state index in [-0.39, 0.29) is 12.2 Å². The molecule has 0 saturated heterocycles. The predicted octanol–water partition coefficient (Wildman–Crippen LogP) is 3.75. The van der Waals surface area contributed by atoms with E-state index in [9.17, 15) is 0 Å². The Kier molecular flexibility index (Phi) is 3.84. The van der Waals surface area contributed by atoms with Crippen LogP contribution < -0.4 is 9.47 Å². The van der Waals surface area contributed by atoms with Crippen molar-refractivity contribution in [1.29, 1.82) is 0 Å². The summed E-state index contributed by atoms with van der Waals surface area (Å²) in [5.41, 5.74) is 3.59. The van der Waals surface area contributed by atoms with Crippen LogP contribution >= 0.6 is 0 Å². The maximum absolute atomic E-state index is 6.18. The molecule has 0 N–H and O–H groups in total. The topological polar surface area (TPSA) is 27.7 Å². The van der Waals surface area contributed by atoms with E-state index >= 15 is 0 Å². The molecule has 0 aliphatic carbocycles. The lowest BCUT2D eigenvalue weighted by atomic mass is 9.90. The summed E-state index contributed by atoms with van der Waals surface area (Å²) >= 11 is 0. The standard InChI is InChI=1S/C18H20O3/c1-12-9-14-10-16(19-2)17(20-3)11-15(14)18(21-12)13-7-5-4-6-8-13/h4-8,10-12,18H,9H2,1-3H3/t12-,18+/m0/s1. The van der Waals surface area contributed by atoms with Gasteiger partial charge in [0.1, 0.15) is 6.10 Å². The maximum atomic E-state index is 6.18. The van der Waals surface area contributed by atoms with Crippen LogP contribution in [-0.2, 0) is 11.2 Å². The van der Waals surface area contributed by atoms with Gasteiger partial charge in [-0.15, -0.1) is 0 Å². The Morgan fingerprint density at radius 2 is 1.67 bits per heavy atom. The Balaban J connectivity index is 2.11. The van der Waals surface area contributed by atoms with Crippen LogP contribution in [0.1, 0.15) is 29.7 Å². The monoisotopic (exact) mass is 284 g/mol. The zero-order chi connectivity index (χ0) is 14.8. The molecule has 1 aliphatic rings. The summed E-state index contributed by atoms with van der Waals surface area (Å²) in [6.07, 6.45) is 1.02. The van der Waals surface area contributed by atoms with Crippen molar-refractivity contribution in [2.45, 2.75) is 25.6 Å². The zero-order valence-electron chi connectivity index (χ0n) is 12.6. The molecule has 0 unspecified atom stereocenters. The molecule has 2 atom stereocenters. The Bertz CT molecular complexity index is 622. The maximum Gasteiger partial charge on any atom is 0.161 e. The minimum absolute atomic E-state index is 0.0512. The molecular weight excluding hydrogens is 264 g/mol. The van der Waals surface area contributed by atoms with Gasteiger partial charge in [0, 0.05) is 0 Å². The third kappa shape index (κ3) is 2.61. The van der Waals surface area contributed by atoms with Crippen LogP contribution in [0.4, 0.5) is 0 Å². The molecule has 1 heterocycles. The summed E-state index contributed by atoms with van der Waals surface area (Å²) < 4.78 is 17.0. The second-order valence-electron chi connectivity index (χ2n) is 5.35. The van der Waals surface area contributed by atoms with Crippen LogP contribution in [0.2, 0.25) is 0 Å². The Hall–Kier alpha value is -2.00. The molecule has 0 saturated carbocycles. The lowest BCUT2D eigenvalue weighted by molar-refractivity contribution is 0.00706. The van der Waals surface area contributed by atoms with Gasteiger partial charge < -0.3 is 14.2 Å². The zero-order valence-corrected chi connectivity index (χ0v) is 12.6. The number of benzene rings is 2. The summed E-state index contributed by atoms with van der Waals surface area (Å²) in [4.78, 5) is 0. The van der Waals surface area contributed by atoms with Crippen molar-refractivity contribution in [1.82, 2.24) is 0 Å². The highest BCUT2D eigenvalue weighted by molar-refractivity contribution is 5.51. The number of hydrogen-bond acceptors (Lipinski definition) is 3. The van der Waals surface area contributed by atoms with Gasteiger partial charge in [-0.3, -0.25) is 0 Å². The molecule has 3 rings (SSSR count). The third-order valence-electron chi connectivity index (χ3n) is 3.91. The van der Waals surface area contributed by atoms with Crippen LogP contribution in [-0.4, -0.2) is 20.3 Å². The molecule has 3 heteroatoms. The van der Waals surface area contributed by atoms with Crippen molar-refractivity contribution >= 4 is 0 Å². The first-order valence-electron chi connectivity index (χ1n) is 7.18. The fraction of sp³-hybridized carbons (Fsp3) is 0.333. The van der Waals surface area contributed by atoms with Crippen molar-refractivity contribution in [3.63, 3.8) is 0 Å². The molecular formula is C18H20O3. The first-order chi connectivity index (χ1) is 10.2. The summed E-state index contributed by atoms with van der Waals surface area (Å²) in [6, 6.07) is 14.4. The molecule has 2 aromatic carbocycles. The van der Waals surface area contributed by atoms with Gasteiger partial charge in [-0.25, -0.2) is 0 Å². The summed E-state index contributed by atoms with van der Waals surface area (Å²) in [5.74, 6) is 1.52. The van der Waals surface area contributed by atoms with Crippen LogP contribution in [0.5, 0.6) is 11.5 Å². The number of rotatable bonds is 3. The highest BCUT2D eigenvalue weighted by atomic mass is 16.5. The molecule has 3 nitrogen and oxygen atoms in total. The van der Waals surface area contributed by atoms with Gasteiger partial charge >= 0.3 is 0 Å². The summed E-state index contributed by atoms with van der Waals surface area (Å²) in [5, 5.41) is 0. The van der Waals surface area contributed by atoms with Gasteiger partial charge in [0.25, 0.3) is 0 Å². The van der Waals surface area contributed by atoms with E-state index in [2.05, 4.69) is 25.1 Å². The lowest BCUT2D eigenvalue weighted by Gasteiger charge is -2.31. The number of fused-ring (bicyclic) bond motifs is 1. The summed E-state index contributed by atoms with van der Waals surface area (Å²) in [6.45, 7) is 2.11. The fourth-order valence-electron chi connectivity index (χ4n) is 2.91. The number of ether oxygens (including phenoxy) is 3. The molecule has 21 heavy (non-hydrogen) atoms. The summed E-state index contributed by atoms with van der Waals surface area (Å²) in [7, 11) is 3.33. The lowest BCUT2D eigenvalue weighted by Crippen LogP contribution is -2.24. The van der Waals surface area contributed by atoms with E-state index in [0.717, 1.165) is 29.0 Å². The van der Waals surface area contributed by atoms with E-state index in [1.165, 1.54) is 5.56 Å². The van der Waals surface area contributed by atoms with E-state index in [0.29, 0.717) is 0 Å². The van der Waals surface area contributed by atoms with Crippen molar-refractivity contribution in [3.05, 3.63) is 59.2 Å². The quantitative estimate of drug-likeness (QED) is 0.859. The minimum Gasteiger partial charge on any atom is -0.493 e. The highest BCUT2D eigenvalue weighted by Crippen LogP contribution is 2.40. The molecule has 0 spiro atoms. The van der Waals surface area contributed by atoms with E-state index in [1.54, 1.807) is 14.2 Å². The van der Waals surface area contributed by atoms with Gasteiger partial charge in [0.2, 0.25) is 0 Å². The molecule has 0 amide bonds. The van der Waals surface area contributed by atoms with Crippen molar-refractivity contribution in [2.24, 2.45) is 0 Å². The first kappa shape index (κ1) is 14.0. The van der Waals surface area contributed by atoms with Gasteiger partial charge in [0.15, 0.2) is 11.5 Å². The van der Waals surface area contributed by atoms with Crippen LogP contribution in [0.3, 0.4) is 0 Å². The van der Waals surface area contributed by atoms with Gasteiger partial charge in [0.05, 0.1) is 20.3 Å². The normalized spacial score (nSPS) is 20.7. The smallest absolute Gasteiger partial charge is 0.161 e. The molecule has 0 aromatic heterocycles. The molecule has 0 radical (unpaired) electrons. The SMILES string of the molecule is COc1cc2c(cc1OC)[C@@H](c1ccccc1)O[C@@H](C)C2. The van der Waals surface area contributed by atoms with Crippen LogP contribution in [0.25, 0.3) is 0 Å². The third-order valence-corrected chi connectivity index (χ3v) is 3.91. The van der Waals surface area contributed by atoms with Crippen molar-refractivity contribution in [2.75, 3.05) is 14.2 Å². The second kappa shape index (κ2) is 5.78. The molecule has 0 fully saturated rings. The largest absolute Gasteiger partial charge is 0.493 e. The fourth-order valence-corrected chi connectivity index (χ4v) is 2.91. The Morgan fingerprint density at radius 1 is 1.00 bits per heavy atom. The van der Waals surface area contributed by atoms with Crippen LogP contribution in [0.15, 0.2) is 42.5 Å². The van der Waals surface area contributed by atoms with E-state index in [4.69, 9.17) is 14.2 Å². The molecule has 2 aromatic rings. The second-order valence-corrected chi connectivity index (χ2v) is 5.35. The first-order valence-corrected chi connectivity index (χ1v) is 7.18. The average Bonchev–Trinajstić information content (AvgIpc) is 2.53. The van der Waals surface area contributed by atoms with Gasteiger partial charge in [-0.1, -0.05) is 30.3 Å². The number of methoxy groups -OCH3 is 2. The van der Waals surface area contributed by atoms with Crippen molar-refractivity contribution < 1.29 is 14.2 Å². The average molecular weight is 284 g/mol. The molecule has 1 aliphatic heterocycles. The van der Waals surface area contributed by atoms with Gasteiger partial charge in [-0.2, -0.15) is 0 Å². The molecule has 110 valence electrons. The Morgan fingerprint density at radius 3 is 2.33 bits per heavy atom. The molecule has 0 bridgehead atoms. The minimum atomic E-state index is -0.0512. The van der Waals surface area contributed by atoms with Crippen LogP contribution in [0, 0.1) is 0 Å². The Labute approximate surface area is 125 Å². The number of hydrogen-bond donors (Lipinski definition) is 0. The highest BCUT2D eigenvalue weighted by Gasteiger charge is 2.28. The van der Waals surface area contributed by atoms with E-state index in [1.807, 2.05) is 24.3 Å².